The maximum atomic E-state index is 13.7. The quantitative estimate of drug-likeness (QED) is 0.391. The molecule has 0 aliphatic carbocycles. The molecule has 180 valence electrons. The molecule has 2 aromatic carbocycles. The molecule has 8 nitrogen and oxygen atoms in total. The number of benzene rings is 2. The number of morpholine rings is 1. The molecule has 11 heteroatoms. The third-order valence-corrected chi connectivity index (χ3v) is 8.54. The van der Waals surface area contributed by atoms with Crippen LogP contribution in [0.25, 0.3) is 10.2 Å². The molecule has 0 N–H and O–H groups in total. The van der Waals surface area contributed by atoms with E-state index in [1.807, 2.05) is 6.07 Å². The van der Waals surface area contributed by atoms with Gasteiger partial charge < -0.3 is 4.74 Å². The Morgan fingerprint density at radius 1 is 1.11 bits per heavy atom. The fourth-order valence-electron chi connectivity index (χ4n) is 3.76. The van der Waals surface area contributed by atoms with Gasteiger partial charge in [-0.25, -0.2) is 17.8 Å². The Hall–Kier alpha value is -3.25. The molecule has 2 aromatic heterocycles. The van der Waals surface area contributed by atoms with E-state index in [-0.39, 0.29) is 23.2 Å². The maximum absolute atomic E-state index is 13.7. The number of ether oxygens (including phenoxy) is 1. The first-order valence-corrected chi connectivity index (χ1v) is 13.1. The van der Waals surface area contributed by atoms with Gasteiger partial charge in [-0.1, -0.05) is 17.4 Å². The van der Waals surface area contributed by atoms with Crippen molar-refractivity contribution in [2.45, 2.75) is 11.4 Å². The summed E-state index contributed by atoms with van der Waals surface area (Å²) >= 11 is 1.21. The van der Waals surface area contributed by atoms with Crippen LogP contribution in [-0.2, 0) is 21.3 Å². The Kier molecular flexibility index (Phi) is 6.56. The molecule has 0 bridgehead atoms. The first kappa shape index (κ1) is 23.5. The van der Waals surface area contributed by atoms with Crippen molar-refractivity contribution >= 4 is 42.6 Å². The van der Waals surface area contributed by atoms with Gasteiger partial charge >= 0.3 is 0 Å². The molecule has 1 aliphatic rings. The third-order valence-electron chi connectivity index (χ3n) is 5.59. The number of halogens is 1. The highest BCUT2D eigenvalue weighted by Gasteiger charge is 2.27. The van der Waals surface area contributed by atoms with Crippen LogP contribution in [0.4, 0.5) is 9.52 Å². The predicted octanol–water partition coefficient (Wildman–Crippen LogP) is 3.70. The summed E-state index contributed by atoms with van der Waals surface area (Å²) in [5.74, 6) is -0.737. The number of rotatable bonds is 6. The maximum Gasteiger partial charge on any atom is 0.260 e. The number of carbonyl (C=O) groups excluding carboxylic acids is 1. The number of pyridine rings is 1. The molecule has 1 fully saturated rings. The normalized spacial score (nSPS) is 14.8. The summed E-state index contributed by atoms with van der Waals surface area (Å²) in [6.45, 7) is 1.49. The van der Waals surface area contributed by atoms with Crippen molar-refractivity contribution in [3.8, 4) is 0 Å². The molecule has 1 amide bonds. The minimum atomic E-state index is -3.67. The van der Waals surface area contributed by atoms with E-state index in [2.05, 4.69) is 9.97 Å². The predicted molar refractivity (Wildman–Crippen MR) is 130 cm³/mol. The summed E-state index contributed by atoms with van der Waals surface area (Å²) in [5, 5.41) is 0.407. The van der Waals surface area contributed by atoms with Gasteiger partial charge in [0.05, 0.1) is 34.9 Å². The number of hydrogen-bond acceptors (Lipinski definition) is 7. The Morgan fingerprint density at radius 2 is 1.89 bits per heavy atom. The number of aromatic nitrogens is 2. The van der Waals surface area contributed by atoms with Gasteiger partial charge in [0, 0.05) is 31.0 Å². The first-order chi connectivity index (χ1) is 16.9. The lowest BCUT2D eigenvalue weighted by molar-refractivity contribution is 0.0730. The molecule has 0 spiro atoms. The second-order valence-electron chi connectivity index (χ2n) is 7.90. The van der Waals surface area contributed by atoms with Gasteiger partial charge in [-0.2, -0.15) is 4.31 Å². The van der Waals surface area contributed by atoms with Crippen molar-refractivity contribution in [2.24, 2.45) is 0 Å². The SMILES string of the molecule is O=C(c1ccc(S(=O)(=O)N2CCOCC2)cc1)N(Cc1cccnc1)c1nc2ccc(F)cc2s1. The van der Waals surface area contributed by atoms with E-state index in [4.69, 9.17) is 4.74 Å². The summed E-state index contributed by atoms with van der Waals surface area (Å²) in [4.78, 5) is 23.8. The molecule has 1 saturated heterocycles. The van der Waals surface area contributed by atoms with Gasteiger partial charge in [-0.3, -0.25) is 14.7 Å². The fraction of sp³-hybridized carbons (Fsp3) is 0.208. The van der Waals surface area contributed by atoms with Gasteiger partial charge in [0.1, 0.15) is 5.82 Å². The summed E-state index contributed by atoms with van der Waals surface area (Å²) < 4.78 is 46.8. The number of fused-ring (bicyclic) bond motifs is 1. The van der Waals surface area contributed by atoms with Crippen LogP contribution in [0.15, 0.2) is 71.9 Å². The summed E-state index contributed by atoms with van der Waals surface area (Å²) in [6.07, 6.45) is 3.30. The molecule has 0 radical (unpaired) electrons. The monoisotopic (exact) mass is 512 g/mol. The minimum absolute atomic E-state index is 0.116. The van der Waals surface area contributed by atoms with Crippen LogP contribution in [0.3, 0.4) is 0 Å². The molecule has 35 heavy (non-hydrogen) atoms. The van der Waals surface area contributed by atoms with Gasteiger partial charge in [0.15, 0.2) is 5.13 Å². The number of anilines is 1. The van der Waals surface area contributed by atoms with Gasteiger partial charge in [0.25, 0.3) is 5.91 Å². The van der Waals surface area contributed by atoms with Gasteiger partial charge in [-0.15, -0.1) is 0 Å². The molecule has 4 aromatic rings. The third kappa shape index (κ3) is 4.94. The Morgan fingerprint density at radius 3 is 2.60 bits per heavy atom. The van der Waals surface area contributed by atoms with Crippen molar-refractivity contribution in [3.05, 3.63) is 83.9 Å². The van der Waals surface area contributed by atoms with Crippen LogP contribution in [0.2, 0.25) is 0 Å². The lowest BCUT2D eigenvalue weighted by atomic mass is 10.2. The minimum Gasteiger partial charge on any atom is -0.379 e. The van der Waals surface area contributed by atoms with E-state index in [1.54, 1.807) is 24.5 Å². The highest BCUT2D eigenvalue weighted by Crippen LogP contribution is 2.31. The molecule has 5 rings (SSSR count). The Balaban J connectivity index is 1.47. The standard InChI is InChI=1S/C24H21FN4O4S2/c25-19-5-8-21-22(14-19)34-24(27-21)29(16-17-2-1-9-26-15-17)23(30)18-3-6-20(7-4-18)35(31,32)28-10-12-33-13-11-28/h1-9,14-15H,10-13,16H2. The number of sulfonamides is 1. The second kappa shape index (κ2) is 9.78. The van der Waals surface area contributed by atoms with Crippen LogP contribution < -0.4 is 4.90 Å². The molecule has 3 heterocycles. The highest BCUT2D eigenvalue weighted by atomic mass is 32.2. The smallest absolute Gasteiger partial charge is 0.260 e. The van der Waals surface area contributed by atoms with E-state index in [0.717, 1.165) is 5.56 Å². The number of nitrogens with zero attached hydrogens (tertiary/aromatic N) is 4. The molecule has 0 unspecified atom stereocenters. The molecule has 1 aliphatic heterocycles. The van der Waals surface area contributed by atoms with E-state index < -0.39 is 10.0 Å². The number of carbonyl (C=O) groups is 1. The highest BCUT2D eigenvalue weighted by molar-refractivity contribution is 7.89. The Labute approximate surface area is 205 Å². The number of amides is 1. The second-order valence-corrected chi connectivity index (χ2v) is 10.8. The number of hydrogen-bond donors (Lipinski definition) is 0. The average Bonchev–Trinajstić information content (AvgIpc) is 3.31. The van der Waals surface area contributed by atoms with Crippen molar-refractivity contribution in [1.82, 2.24) is 14.3 Å². The summed E-state index contributed by atoms with van der Waals surface area (Å²) in [5.41, 5.74) is 1.68. The largest absolute Gasteiger partial charge is 0.379 e. The van der Waals surface area contributed by atoms with Crippen molar-refractivity contribution < 1.29 is 22.3 Å². The fourth-order valence-corrected chi connectivity index (χ4v) is 6.16. The average molecular weight is 513 g/mol. The van der Waals surface area contributed by atoms with Crippen LogP contribution in [-0.4, -0.2) is 54.9 Å². The number of thiazole rings is 1. The van der Waals surface area contributed by atoms with E-state index in [1.165, 1.54) is 56.9 Å². The molecule has 0 atom stereocenters. The van der Waals surface area contributed by atoms with Gasteiger partial charge in [0.2, 0.25) is 10.0 Å². The van der Waals surface area contributed by atoms with Crippen molar-refractivity contribution in [3.63, 3.8) is 0 Å². The molecular formula is C24H21FN4O4S2. The van der Waals surface area contributed by atoms with Crippen LogP contribution in [0, 0.1) is 5.82 Å². The van der Waals surface area contributed by atoms with Crippen molar-refractivity contribution in [2.75, 3.05) is 31.2 Å². The van der Waals surface area contributed by atoms with Crippen LogP contribution in [0.5, 0.6) is 0 Å². The van der Waals surface area contributed by atoms with E-state index in [9.17, 15) is 17.6 Å². The van der Waals surface area contributed by atoms with Crippen LogP contribution >= 0.6 is 11.3 Å². The summed E-state index contributed by atoms with van der Waals surface area (Å²) in [7, 11) is -3.67. The van der Waals surface area contributed by atoms with Crippen LogP contribution in [0.1, 0.15) is 15.9 Å². The zero-order chi connectivity index (χ0) is 24.4. The molecular weight excluding hydrogens is 491 g/mol. The van der Waals surface area contributed by atoms with Gasteiger partial charge in [-0.05, 0) is 54.1 Å². The van der Waals surface area contributed by atoms with E-state index in [0.29, 0.717) is 47.2 Å². The topological polar surface area (TPSA) is 92.7 Å². The zero-order valence-corrected chi connectivity index (χ0v) is 20.1. The lowest BCUT2D eigenvalue weighted by Crippen LogP contribution is -2.40. The molecule has 0 saturated carbocycles. The Bertz CT molecular complexity index is 1450. The van der Waals surface area contributed by atoms with E-state index >= 15 is 0 Å². The zero-order valence-electron chi connectivity index (χ0n) is 18.5. The van der Waals surface area contributed by atoms with Crippen molar-refractivity contribution in [1.29, 1.82) is 0 Å². The lowest BCUT2D eigenvalue weighted by Gasteiger charge is -2.26. The summed E-state index contributed by atoms with van der Waals surface area (Å²) in [6, 6.07) is 13.8. The first-order valence-electron chi connectivity index (χ1n) is 10.9.